The van der Waals surface area contributed by atoms with Crippen LogP contribution in [0.2, 0.25) is 0 Å². The van der Waals surface area contributed by atoms with E-state index in [1.807, 2.05) is 62.0 Å². The molecule has 4 rings (SSSR count). The summed E-state index contributed by atoms with van der Waals surface area (Å²) >= 11 is 0. The van der Waals surface area contributed by atoms with Gasteiger partial charge < -0.3 is 4.42 Å². The molecule has 126 valence electrons. The van der Waals surface area contributed by atoms with Gasteiger partial charge in [-0.3, -0.25) is 0 Å². The smallest absolute Gasteiger partial charge is 0.227 e. The van der Waals surface area contributed by atoms with E-state index in [9.17, 15) is 0 Å². The van der Waals surface area contributed by atoms with Crippen molar-refractivity contribution in [3.63, 3.8) is 0 Å². The van der Waals surface area contributed by atoms with Gasteiger partial charge in [0.1, 0.15) is 12.6 Å². The predicted molar refractivity (Wildman–Crippen MR) is 101 cm³/mol. The lowest BCUT2D eigenvalue weighted by Gasteiger charge is -2.08. The van der Waals surface area contributed by atoms with Gasteiger partial charge in [0, 0.05) is 36.9 Å². The highest BCUT2D eigenvalue weighted by molar-refractivity contribution is 6.05. The number of pyridine rings is 2. The van der Waals surface area contributed by atoms with Crippen LogP contribution in [-0.4, -0.2) is 4.98 Å². The fourth-order valence-corrected chi connectivity index (χ4v) is 3.34. The second-order valence-corrected chi connectivity index (χ2v) is 6.83. The van der Waals surface area contributed by atoms with E-state index < -0.39 is 6.37 Å². The quantitative estimate of drug-likeness (QED) is 0.495. The standard InChI is InChI=1S/C22H23N2O/c1-14(2)10-16-7-8-20(24(4)13-16)18-12-19-17-6-5-9-23-22(17)25-21(19)11-15(18)3/h5-9,11-14H,10H2,1-4H3/q+1/i10D2. The molecule has 3 nitrogen and oxygen atoms in total. The van der Waals surface area contributed by atoms with Crippen LogP contribution in [-0.2, 0) is 13.4 Å². The van der Waals surface area contributed by atoms with Crippen molar-refractivity contribution in [2.45, 2.75) is 27.1 Å². The number of hydrogen-bond donors (Lipinski definition) is 0. The van der Waals surface area contributed by atoms with Gasteiger partial charge >= 0.3 is 0 Å². The van der Waals surface area contributed by atoms with Crippen LogP contribution in [0.15, 0.2) is 53.2 Å². The molecule has 0 N–H and O–H groups in total. The molecular formula is C22H23N2O+. The van der Waals surface area contributed by atoms with Crippen molar-refractivity contribution >= 4 is 22.1 Å². The number of aryl methyl sites for hydroxylation is 2. The molecule has 0 aliphatic heterocycles. The number of rotatable bonds is 3. The molecule has 0 radical (unpaired) electrons. The highest BCUT2D eigenvalue weighted by atomic mass is 16.3. The summed E-state index contributed by atoms with van der Waals surface area (Å²) in [6, 6.07) is 12.0. The average Bonchev–Trinajstić information content (AvgIpc) is 2.98. The third-order valence-corrected chi connectivity index (χ3v) is 4.46. The molecule has 0 aliphatic rings. The number of nitrogens with zero attached hydrogens (tertiary/aromatic N) is 2. The Kier molecular flexibility index (Phi) is 3.26. The number of hydrogen-bond acceptors (Lipinski definition) is 2. The Morgan fingerprint density at radius 2 is 2.04 bits per heavy atom. The first-order valence-corrected chi connectivity index (χ1v) is 8.57. The fraction of sp³-hybridized carbons (Fsp3) is 0.273. The van der Waals surface area contributed by atoms with Crippen molar-refractivity contribution in [3.8, 4) is 11.3 Å². The first-order chi connectivity index (χ1) is 12.8. The zero-order valence-corrected chi connectivity index (χ0v) is 15.0. The van der Waals surface area contributed by atoms with Crippen molar-refractivity contribution in [1.82, 2.24) is 4.98 Å². The summed E-state index contributed by atoms with van der Waals surface area (Å²) in [6.07, 6.45) is 2.27. The summed E-state index contributed by atoms with van der Waals surface area (Å²) in [5, 5.41) is 2.05. The van der Waals surface area contributed by atoms with Gasteiger partial charge in [-0.05, 0) is 55.1 Å². The maximum Gasteiger partial charge on any atom is 0.227 e. The zero-order valence-electron chi connectivity index (χ0n) is 17.0. The number of furan rings is 1. The lowest BCUT2D eigenvalue weighted by atomic mass is 9.99. The Labute approximate surface area is 150 Å². The van der Waals surface area contributed by atoms with Crippen LogP contribution in [0, 0.1) is 12.8 Å². The third kappa shape index (κ3) is 2.80. The Balaban J connectivity index is 1.89. The molecule has 0 aliphatic carbocycles. The van der Waals surface area contributed by atoms with Crippen LogP contribution >= 0.6 is 0 Å². The topological polar surface area (TPSA) is 29.9 Å². The molecule has 0 saturated heterocycles. The fourth-order valence-electron chi connectivity index (χ4n) is 3.34. The van der Waals surface area contributed by atoms with Gasteiger partial charge in [-0.15, -0.1) is 0 Å². The van der Waals surface area contributed by atoms with E-state index in [-0.39, 0.29) is 5.92 Å². The van der Waals surface area contributed by atoms with Crippen LogP contribution in [0.1, 0.15) is 27.7 Å². The highest BCUT2D eigenvalue weighted by Gasteiger charge is 2.17. The summed E-state index contributed by atoms with van der Waals surface area (Å²) in [7, 11) is 1.97. The molecule has 3 heterocycles. The lowest BCUT2D eigenvalue weighted by molar-refractivity contribution is -0.660. The normalized spacial score (nSPS) is 13.5. The molecule has 3 heteroatoms. The monoisotopic (exact) mass is 333 g/mol. The molecule has 0 atom stereocenters. The Morgan fingerprint density at radius 3 is 2.80 bits per heavy atom. The van der Waals surface area contributed by atoms with Crippen molar-refractivity contribution in [2.75, 3.05) is 0 Å². The summed E-state index contributed by atoms with van der Waals surface area (Å²) in [5.74, 6) is -0.0915. The maximum absolute atomic E-state index is 8.35. The van der Waals surface area contributed by atoms with Gasteiger partial charge in [0.05, 0.1) is 0 Å². The van der Waals surface area contributed by atoms with Crippen molar-refractivity contribution < 1.29 is 11.7 Å². The summed E-state index contributed by atoms with van der Waals surface area (Å²) < 4.78 is 24.6. The van der Waals surface area contributed by atoms with Gasteiger partial charge in [-0.2, -0.15) is 0 Å². The molecule has 0 spiro atoms. The molecule has 0 saturated carbocycles. The largest absolute Gasteiger partial charge is 0.438 e. The van der Waals surface area contributed by atoms with Crippen molar-refractivity contribution in [1.29, 1.82) is 0 Å². The zero-order chi connectivity index (χ0) is 19.3. The Hall–Kier alpha value is -2.68. The van der Waals surface area contributed by atoms with Gasteiger partial charge in [0.15, 0.2) is 6.20 Å². The van der Waals surface area contributed by atoms with Gasteiger partial charge in [0.2, 0.25) is 11.4 Å². The summed E-state index contributed by atoms with van der Waals surface area (Å²) in [5.41, 5.74) is 5.43. The van der Waals surface area contributed by atoms with Crippen LogP contribution in [0.25, 0.3) is 33.3 Å². The minimum atomic E-state index is -1.36. The van der Waals surface area contributed by atoms with Crippen LogP contribution in [0.5, 0.6) is 0 Å². The maximum atomic E-state index is 8.35. The van der Waals surface area contributed by atoms with E-state index >= 15 is 0 Å². The molecule has 0 bridgehead atoms. The number of fused-ring (bicyclic) bond motifs is 3. The first-order valence-electron chi connectivity index (χ1n) is 9.57. The third-order valence-electron chi connectivity index (χ3n) is 4.46. The molecule has 25 heavy (non-hydrogen) atoms. The molecule has 4 aromatic rings. The van der Waals surface area contributed by atoms with E-state index in [0.717, 1.165) is 33.2 Å². The molecule has 0 amide bonds. The van der Waals surface area contributed by atoms with E-state index in [2.05, 4.69) is 18.0 Å². The molecular weight excluding hydrogens is 308 g/mol. The van der Waals surface area contributed by atoms with E-state index in [4.69, 9.17) is 7.16 Å². The second kappa shape index (κ2) is 5.99. The Morgan fingerprint density at radius 1 is 1.20 bits per heavy atom. The van der Waals surface area contributed by atoms with Crippen molar-refractivity contribution in [2.24, 2.45) is 13.0 Å². The molecule has 3 aromatic heterocycles. The van der Waals surface area contributed by atoms with E-state index in [0.29, 0.717) is 11.3 Å². The SMILES string of the molecule is [2H]C([2H])(c1ccc(-c2cc3c(cc2C)oc2ncccc23)[n+](C)c1)C(C)C. The lowest BCUT2D eigenvalue weighted by Crippen LogP contribution is -2.31. The van der Waals surface area contributed by atoms with E-state index in [1.165, 1.54) is 0 Å². The summed E-state index contributed by atoms with van der Waals surface area (Å²) in [4.78, 5) is 4.31. The Bertz CT molecular complexity index is 1160. The highest BCUT2D eigenvalue weighted by Crippen LogP contribution is 2.32. The van der Waals surface area contributed by atoms with Crippen LogP contribution in [0.3, 0.4) is 0 Å². The number of aromatic nitrogens is 2. The molecule has 0 fully saturated rings. The minimum Gasteiger partial charge on any atom is -0.438 e. The van der Waals surface area contributed by atoms with Gasteiger partial charge in [0.25, 0.3) is 0 Å². The minimum absolute atomic E-state index is 0.0915. The first kappa shape index (κ1) is 13.6. The summed E-state index contributed by atoms with van der Waals surface area (Å²) in [6.45, 7) is 5.88. The second-order valence-electron chi connectivity index (χ2n) is 6.83. The predicted octanol–water partition coefficient (Wildman–Crippen LogP) is 4.98. The van der Waals surface area contributed by atoms with Gasteiger partial charge in [-0.1, -0.05) is 13.8 Å². The van der Waals surface area contributed by atoms with Crippen molar-refractivity contribution in [3.05, 3.63) is 59.9 Å². The van der Waals surface area contributed by atoms with Gasteiger partial charge in [-0.25, -0.2) is 9.55 Å². The average molecular weight is 333 g/mol. The molecule has 1 aromatic carbocycles. The number of benzene rings is 1. The van der Waals surface area contributed by atoms with E-state index in [1.54, 1.807) is 6.20 Å². The molecule has 0 unspecified atom stereocenters. The van der Waals surface area contributed by atoms with Crippen LogP contribution < -0.4 is 4.57 Å². The van der Waals surface area contributed by atoms with Crippen LogP contribution in [0.4, 0.5) is 0 Å².